The van der Waals surface area contributed by atoms with Gasteiger partial charge in [-0.3, -0.25) is 13.9 Å². The second-order valence-corrected chi connectivity index (χ2v) is 9.49. The molecule has 35 heavy (non-hydrogen) atoms. The van der Waals surface area contributed by atoms with E-state index in [-0.39, 0.29) is 11.6 Å². The van der Waals surface area contributed by atoms with E-state index in [1.807, 2.05) is 51.6 Å². The molecule has 6 rings (SSSR count). The molecule has 3 heterocycles. The number of hydrogen-bond donors (Lipinski definition) is 0. The second-order valence-electron chi connectivity index (χ2n) is 9.09. The highest BCUT2D eigenvalue weighted by Gasteiger charge is 2.26. The molecule has 1 fully saturated rings. The van der Waals surface area contributed by atoms with Crippen LogP contribution in [0.1, 0.15) is 50.9 Å². The van der Waals surface area contributed by atoms with Crippen LogP contribution in [0.4, 0.5) is 0 Å². The Morgan fingerprint density at radius 2 is 1.74 bits per heavy atom. The largest absolute Gasteiger partial charge is 0.495 e. The molecule has 7 nitrogen and oxygen atoms in total. The van der Waals surface area contributed by atoms with Gasteiger partial charge in [-0.05, 0) is 43.2 Å². The van der Waals surface area contributed by atoms with Gasteiger partial charge in [0.05, 0.1) is 28.9 Å². The highest BCUT2D eigenvalue weighted by atomic mass is 35.5. The average Bonchev–Trinajstić information content (AvgIpc) is 3.20. The Morgan fingerprint density at radius 1 is 1.00 bits per heavy atom. The first-order valence-electron chi connectivity index (χ1n) is 12.2. The summed E-state index contributed by atoms with van der Waals surface area (Å²) < 4.78 is 9.19. The predicted octanol–water partition coefficient (Wildman–Crippen LogP) is 6.01. The molecule has 0 amide bonds. The SMILES string of the molecule is CCc1nc2c(c(=O)n1C1CCCCC1)c1nc3ccccc3nc1n2-c1ccc(OC)c(Cl)c1. The van der Waals surface area contributed by atoms with Gasteiger partial charge in [-0.25, -0.2) is 15.0 Å². The van der Waals surface area contributed by atoms with Gasteiger partial charge in [0, 0.05) is 12.5 Å². The topological polar surface area (TPSA) is 74.8 Å². The Balaban J connectivity index is 1.75. The minimum absolute atomic E-state index is 0.0355. The van der Waals surface area contributed by atoms with Crippen molar-refractivity contribution >= 4 is 44.8 Å². The van der Waals surface area contributed by atoms with Crippen LogP contribution in [0.2, 0.25) is 5.02 Å². The first-order valence-corrected chi connectivity index (χ1v) is 12.5. The number of hydrogen-bond acceptors (Lipinski definition) is 5. The van der Waals surface area contributed by atoms with Crippen molar-refractivity contribution in [3.8, 4) is 11.4 Å². The van der Waals surface area contributed by atoms with Gasteiger partial charge >= 0.3 is 0 Å². The number of halogens is 1. The Morgan fingerprint density at radius 3 is 2.43 bits per heavy atom. The number of rotatable bonds is 4. The maximum absolute atomic E-state index is 14.2. The Bertz CT molecular complexity index is 1650. The number of ether oxygens (including phenoxy) is 1. The van der Waals surface area contributed by atoms with Crippen molar-refractivity contribution in [1.29, 1.82) is 0 Å². The third-order valence-electron chi connectivity index (χ3n) is 7.03. The smallest absolute Gasteiger partial charge is 0.265 e. The number of aromatic nitrogens is 5. The van der Waals surface area contributed by atoms with Crippen LogP contribution in [-0.2, 0) is 6.42 Å². The van der Waals surface area contributed by atoms with Crippen molar-refractivity contribution in [1.82, 2.24) is 24.1 Å². The van der Waals surface area contributed by atoms with E-state index in [0.717, 1.165) is 48.2 Å². The van der Waals surface area contributed by atoms with E-state index >= 15 is 0 Å². The minimum atomic E-state index is -0.0355. The lowest BCUT2D eigenvalue weighted by atomic mass is 9.95. The highest BCUT2D eigenvalue weighted by Crippen LogP contribution is 2.34. The van der Waals surface area contributed by atoms with Gasteiger partial charge in [-0.1, -0.05) is 49.9 Å². The second kappa shape index (κ2) is 8.64. The van der Waals surface area contributed by atoms with Gasteiger partial charge in [0.15, 0.2) is 11.3 Å². The van der Waals surface area contributed by atoms with Crippen molar-refractivity contribution in [2.45, 2.75) is 51.5 Å². The lowest BCUT2D eigenvalue weighted by Gasteiger charge is -2.26. The molecule has 0 spiro atoms. The van der Waals surface area contributed by atoms with Gasteiger partial charge in [0.2, 0.25) is 0 Å². The zero-order valence-corrected chi connectivity index (χ0v) is 20.5. The Labute approximate surface area is 207 Å². The van der Waals surface area contributed by atoms with Gasteiger partial charge in [0.1, 0.15) is 22.5 Å². The van der Waals surface area contributed by atoms with Crippen molar-refractivity contribution in [2.75, 3.05) is 7.11 Å². The van der Waals surface area contributed by atoms with E-state index in [0.29, 0.717) is 39.4 Å². The summed E-state index contributed by atoms with van der Waals surface area (Å²) in [6.45, 7) is 2.05. The molecule has 0 aliphatic heterocycles. The maximum atomic E-state index is 14.2. The van der Waals surface area contributed by atoms with Crippen molar-refractivity contribution in [3.05, 3.63) is 63.7 Å². The molecule has 0 radical (unpaired) electrons. The number of benzene rings is 2. The predicted molar refractivity (Wildman–Crippen MR) is 139 cm³/mol. The fourth-order valence-electron chi connectivity index (χ4n) is 5.35. The number of para-hydroxylation sites is 2. The van der Waals surface area contributed by atoms with E-state index in [2.05, 4.69) is 6.92 Å². The maximum Gasteiger partial charge on any atom is 0.265 e. The van der Waals surface area contributed by atoms with E-state index in [1.54, 1.807) is 7.11 Å². The van der Waals surface area contributed by atoms with Crippen LogP contribution in [0.3, 0.4) is 0 Å². The summed E-state index contributed by atoms with van der Waals surface area (Å²) in [5, 5.41) is 0.980. The van der Waals surface area contributed by atoms with Crippen molar-refractivity contribution in [2.24, 2.45) is 0 Å². The van der Waals surface area contributed by atoms with Gasteiger partial charge in [-0.15, -0.1) is 0 Å². The first-order chi connectivity index (χ1) is 17.1. The van der Waals surface area contributed by atoms with E-state index in [4.69, 9.17) is 31.3 Å². The summed E-state index contributed by atoms with van der Waals surface area (Å²) in [5.74, 6) is 1.37. The number of aryl methyl sites for hydroxylation is 1. The minimum Gasteiger partial charge on any atom is -0.495 e. The summed E-state index contributed by atoms with van der Waals surface area (Å²) in [6.07, 6.45) is 6.15. The molecular weight excluding hydrogens is 462 g/mol. The lowest BCUT2D eigenvalue weighted by Crippen LogP contribution is -2.30. The summed E-state index contributed by atoms with van der Waals surface area (Å²) in [4.78, 5) is 29.1. The fourth-order valence-corrected chi connectivity index (χ4v) is 5.61. The molecular formula is C27H26ClN5O2. The molecule has 1 aliphatic carbocycles. The third kappa shape index (κ3) is 3.48. The molecule has 0 saturated heterocycles. The quantitative estimate of drug-likeness (QED) is 0.310. The van der Waals surface area contributed by atoms with Gasteiger partial charge in [-0.2, -0.15) is 0 Å². The van der Waals surface area contributed by atoms with Gasteiger partial charge in [0.25, 0.3) is 5.56 Å². The molecule has 178 valence electrons. The zero-order valence-electron chi connectivity index (χ0n) is 19.8. The monoisotopic (exact) mass is 487 g/mol. The standard InChI is InChI=1S/C27H26ClN5O2/c1-3-22-31-25-23(27(34)32(22)16-9-5-4-6-10-16)24-26(30-20-12-8-7-11-19(20)29-24)33(25)17-13-14-21(35-2)18(28)15-17/h7-8,11-16H,3-6,9-10H2,1-2H3. The fraction of sp³-hybridized carbons (Fsp3) is 0.333. The third-order valence-corrected chi connectivity index (χ3v) is 7.33. The summed E-state index contributed by atoms with van der Waals surface area (Å²) in [5.41, 5.74) is 3.94. The van der Waals surface area contributed by atoms with E-state index in [9.17, 15) is 4.79 Å². The summed E-state index contributed by atoms with van der Waals surface area (Å²) in [6, 6.07) is 13.4. The first kappa shape index (κ1) is 22.0. The van der Waals surface area contributed by atoms with Crippen LogP contribution in [0.25, 0.3) is 38.9 Å². The molecule has 8 heteroatoms. The van der Waals surface area contributed by atoms with Crippen LogP contribution in [0.5, 0.6) is 5.75 Å². The van der Waals surface area contributed by atoms with Crippen LogP contribution in [0, 0.1) is 0 Å². The van der Waals surface area contributed by atoms with Crippen molar-refractivity contribution < 1.29 is 4.74 Å². The zero-order chi connectivity index (χ0) is 24.1. The van der Waals surface area contributed by atoms with Crippen LogP contribution >= 0.6 is 11.6 Å². The molecule has 0 unspecified atom stereocenters. The van der Waals surface area contributed by atoms with Gasteiger partial charge < -0.3 is 4.74 Å². The van der Waals surface area contributed by atoms with Crippen molar-refractivity contribution in [3.63, 3.8) is 0 Å². The summed E-state index contributed by atoms with van der Waals surface area (Å²) >= 11 is 6.50. The number of methoxy groups -OCH3 is 1. The lowest BCUT2D eigenvalue weighted by molar-refractivity contribution is 0.337. The Kier molecular flexibility index (Phi) is 5.44. The van der Waals surface area contributed by atoms with E-state index in [1.165, 1.54) is 6.42 Å². The number of fused-ring (bicyclic) bond motifs is 4. The molecule has 0 bridgehead atoms. The molecule has 2 aromatic carbocycles. The normalized spacial score (nSPS) is 14.8. The molecule has 1 aliphatic rings. The number of nitrogens with zero attached hydrogens (tertiary/aromatic N) is 5. The van der Waals surface area contributed by atoms with Crippen LogP contribution in [0.15, 0.2) is 47.3 Å². The average molecular weight is 488 g/mol. The molecule has 0 atom stereocenters. The molecule has 0 N–H and O–H groups in total. The molecule has 3 aromatic heterocycles. The highest BCUT2D eigenvalue weighted by molar-refractivity contribution is 6.32. The van der Waals surface area contributed by atoms with E-state index < -0.39 is 0 Å². The summed E-state index contributed by atoms with van der Waals surface area (Å²) in [7, 11) is 1.59. The van der Waals surface area contributed by atoms with Crippen LogP contribution in [-0.4, -0.2) is 31.2 Å². The van der Waals surface area contributed by atoms with Crippen LogP contribution < -0.4 is 10.3 Å². The Hall–Kier alpha value is -3.45. The molecule has 5 aromatic rings. The molecule has 1 saturated carbocycles.